The molecule has 0 aliphatic rings. The van der Waals surface area contributed by atoms with Gasteiger partial charge in [0.2, 0.25) is 0 Å². The highest BCUT2D eigenvalue weighted by atomic mass is 15.1. The van der Waals surface area contributed by atoms with Crippen molar-refractivity contribution in [3.05, 3.63) is 53.6 Å². The molecule has 0 aliphatic heterocycles. The molecule has 0 unspecified atom stereocenters. The van der Waals surface area contributed by atoms with Crippen LogP contribution in [0, 0.1) is 0 Å². The van der Waals surface area contributed by atoms with Crippen LogP contribution in [-0.4, -0.2) is 9.55 Å². The van der Waals surface area contributed by atoms with Gasteiger partial charge >= 0.3 is 0 Å². The number of aromatic nitrogens is 2. The fraction of sp³-hybridized carbons (Fsp3) is 0.769. The normalized spacial score (nSPS) is 11.5. The van der Waals surface area contributed by atoms with E-state index in [0.29, 0.717) is 0 Å². The molecule has 2 aromatic rings. The van der Waals surface area contributed by atoms with Crippen LogP contribution in [0.2, 0.25) is 0 Å². The fourth-order valence-corrected chi connectivity index (χ4v) is 6.22. The van der Waals surface area contributed by atoms with Gasteiger partial charge in [-0.1, -0.05) is 179 Å². The molecule has 2 rings (SSSR count). The van der Waals surface area contributed by atoms with E-state index in [9.17, 15) is 0 Å². The minimum Gasteiger partial charge on any atom is -0.335 e. The van der Waals surface area contributed by atoms with Gasteiger partial charge in [-0.05, 0) is 37.7 Å². The SMILES string of the molecule is CCCCCCCCCCCCCCCn1cc(CCCc2ccccc2)nc1CCCCCCCCCCCC. The average molecular weight is 565 g/mol. The standard InChI is InChI=1S/C39H68N2/c1-3-5-7-9-11-13-15-16-17-19-21-23-28-35-41-36-38(33-29-32-37-30-25-24-26-31-37)40-39(41)34-27-22-20-18-14-12-10-8-6-4-2/h24-26,30-31,36H,3-23,27-29,32-35H2,1-2H3. The Balaban J connectivity index is 1.63. The zero-order valence-corrected chi connectivity index (χ0v) is 27.7. The number of hydrogen-bond acceptors (Lipinski definition) is 1. The Morgan fingerprint density at radius 1 is 0.463 bits per heavy atom. The Kier molecular flexibility index (Phi) is 22.7. The summed E-state index contributed by atoms with van der Waals surface area (Å²) in [4.78, 5) is 5.16. The van der Waals surface area contributed by atoms with E-state index in [1.807, 2.05) is 0 Å². The van der Waals surface area contributed by atoms with Gasteiger partial charge in [-0.15, -0.1) is 0 Å². The van der Waals surface area contributed by atoms with E-state index in [1.165, 1.54) is 171 Å². The summed E-state index contributed by atoms with van der Waals surface area (Å²) in [6.07, 6.45) is 39.5. The van der Waals surface area contributed by atoms with Gasteiger partial charge in [0.25, 0.3) is 0 Å². The second-order valence-electron chi connectivity index (χ2n) is 12.9. The molecule has 0 N–H and O–H groups in total. The van der Waals surface area contributed by atoms with Gasteiger partial charge in [0.15, 0.2) is 0 Å². The molecular formula is C39H68N2. The van der Waals surface area contributed by atoms with Crippen LogP contribution in [0.5, 0.6) is 0 Å². The van der Waals surface area contributed by atoms with Crippen LogP contribution in [-0.2, 0) is 25.8 Å². The van der Waals surface area contributed by atoms with Crippen molar-refractivity contribution >= 4 is 0 Å². The fourth-order valence-electron chi connectivity index (χ4n) is 6.22. The van der Waals surface area contributed by atoms with Crippen molar-refractivity contribution in [2.45, 2.75) is 194 Å². The Hall–Kier alpha value is -1.57. The van der Waals surface area contributed by atoms with Gasteiger partial charge in [0.05, 0.1) is 5.69 Å². The summed E-state index contributed by atoms with van der Waals surface area (Å²) in [7, 11) is 0. The smallest absolute Gasteiger partial charge is 0.108 e. The van der Waals surface area contributed by atoms with Crippen molar-refractivity contribution in [2.75, 3.05) is 0 Å². The zero-order chi connectivity index (χ0) is 29.1. The van der Waals surface area contributed by atoms with Gasteiger partial charge in [-0.2, -0.15) is 0 Å². The molecule has 0 spiro atoms. The van der Waals surface area contributed by atoms with Crippen molar-refractivity contribution in [1.82, 2.24) is 9.55 Å². The largest absolute Gasteiger partial charge is 0.335 e. The number of aryl methyl sites for hydroxylation is 4. The lowest BCUT2D eigenvalue weighted by Crippen LogP contribution is -2.03. The minimum atomic E-state index is 1.10. The number of imidazole rings is 1. The van der Waals surface area contributed by atoms with E-state index >= 15 is 0 Å². The molecule has 2 nitrogen and oxygen atoms in total. The molecule has 0 aliphatic carbocycles. The molecule has 1 heterocycles. The zero-order valence-electron chi connectivity index (χ0n) is 27.7. The molecule has 234 valence electrons. The maximum absolute atomic E-state index is 5.16. The third-order valence-corrected chi connectivity index (χ3v) is 8.91. The van der Waals surface area contributed by atoms with Crippen LogP contribution in [0.3, 0.4) is 0 Å². The van der Waals surface area contributed by atoms with Gasteiger partial charge < -0.3 is 4.57 Å². The van der Waals surface area contributed by atoms with Gasteiger partial charge in [-0.3, -0.25) is 0 Å². The number of nitrogens with zero attached hydrogens (tertiary/aromatic N) is 2. The molecular weight excluding hydrogens is 496 g/mol. The summed E-state index contributed by atoms with van der Waals surface area (Å²) >= 11 is 0. The Bertz CT molecular complexity index is 808. The first kappa shape index (κ1) is 35.6. The minimum absolute atomic E-state index is 1.10. The average Bonchev–Trinajstić information content (AvgIpc) is 3.38. The summed E-state index contributed by atoms with van der Waals surface area (Å²) in [6, 6.07) is 10.9. The maximum Gasteiger partial charge on any atom is 0.108 e. The van der Waals surface area contributed by atoms with E-state index in [2.05, 4.69) is 54.9 Å². The Labute approximate surface area is 256 Å². The van der Waals surface area contributed by atoms with Gasteiger partial charge in [0, 0.05) is 19.2 Å². The highest BCUT2D eigenvalue weighted by Gasteiger charge is 2.09. The van der Waals surface area contributed by atoms with E-state index < -0.39 is 0 Å². The molecule has 0 saturated heterocycles. The third-order valence-electron chi connectivity index (χ3n) is 8.91. The lowest BCUT2D eigenvalue weighted by molar-refractivity contribution is 0.517. The van der Waals surface area contributed by atoms with Crippen LogP contribution in [0.4, 0.5) is 0 Å². The van der Waals surface area contributed by atoms with Crippen molar-refractivity contribution < 1.29 is 0 Å². The van der Waals surface area contributed by atoms with E-state index in [1.54, 1.807) is 0 Å². The Morgan fingerprint density at radius 2 is 0.927 bits per heavy atom. The quantitative estimate of drug-likeness (QED) is 0.0898. The first-order valence-electron chi connectivity index (χ1n) is 18.4. The van der Waals surface area contributed by atoms with Crippen LogP contribution < -0.4 is 0 Å². The highest BCUT2D eigenvalue weighted by molar-refractivity contribution is 5.15. The summed E-state index contributed by atoms with van der Waals surface area (Å²) in [5.41, 5.74) is 2.77. The lowest BCUT2D eigenvalue weighted by atomic mass is 10.0. The maximum atomic E-state index is 5.16. The van der Waals surface area contributed by atoms with Crippen LogP contribution in [0.25, 0.3) is 0 Å². The molecule has 1 aromatic carbocycles. The van der Waals surface area contributed by atoms with Crippen LogP contribution >= 0.6 is 0 Å². The molecule has 0 fully saturated rings. The topological polar surface area (TPSA) is 17.8 Å². The second kappa shape index (κ2) is 26.1. The lowest BCUT2D eigenvalue weighted by Gasteiger charge is -2.08. The molecule has 1 aromatic heterocycles. The first-order valence-corrected chi connectivity index (χ1v) is 18.4. The van der Waals surface area contributed by atoms with Crippen LogP contribution in [0.15, 0.2) is 36.5 Å². The van der Waals surface area contributed by atoms with Crippen molar-refractivity contribution in [3.8, 4) is 0 Å². The number of benzene rings is 1. The van der Waals surface area contributed by atoms with Crippen molar-refractivity contribution in [3.63, 3.8) is 0 Å². The summed E-state index contributed by atoms with van der Waals surface area (Å²) in [5, 5.41) is 0. The summed E-state index contributed by atoms with van der Waals surface area (Å²) in [6.45, 7) is 5.77. The molecule has 0 bridgehead atoms. The van der Waals surface area contributed by atoms with Gasteiger partial charge in [0.1, 0.15) is 5.82 Å². The molecule has 41 heavy (non-hydrogen) atoms. The Morgan fingerprint density at radius 3 is 1.44 bits per heavy atom. The predicted molar refractivity (Wildman–Crippen MR) is 182 cm³/mol. The van der Waals surface area contributed by atoms with E-state index in [-0.39, 0.29) is 0 Å². The summed E-state index contributed by atoms with van der Waals surface area (Å²) in [5.74, 6) is 1.36. The summed E-state index contributed by atoms with van der Waals surface area (Å²) < 4.78 is 2.53. The van der Waals surface area contributed by atoms with Crippen molar-refractivity contribution in [2.24, 2.45) is 0 Å². The number of unbranched alkanes of at least 4 members (excludes halogenated alkanes) is 21. The monoisotopic (exact) mass is 565 g/mol. The van der Waals surface area contributed by atoms with Gasteiger partial charge in [-0.25, -0.2) is 4.98 Å². The molecule has 0 saturated carbocycles. The molecule has 0 radical (unpaired) electrons. The van der Waals surface area contributed by atoms with Crippen LogP contribution in [0.1, 0.15) is 185 Å². The molecule has 2 heteroatoms. The highest BCUT2D eigenvalue weighted by Crippen LogP contribution is 2.17. The first-order chi connectivity index (χ1) is 20.3. The predicted octanol–water partition coefficient (Wildman–Crippen LogP) is 12.6. The van der Waals surface area contributed by atoms with Crippen molar-refractivity contribution in [1.29, 1.82) is 0 Å². The number of rotatable bonds is 29. The van der Waals surface area contributed by atoms with E-state index in [4.69, 9.17) is 4.98 Å². The van der Waals surface area contributed by atoms with E-state index in [0.717, 1.165) is 25.8 Å². The third kappa shape index (κ3) is 19.3. The molecule has 0 amide bonds. The second-order valence-corrected chi connectivity index (χ2v) is 12.9. The number of hydrogen-bond donors (Lipinski definition) is 0. The molecule has 0 atom stereocenters.